The second-order valence-electron chi connectivity index (χ2n) is 4.72. The fraction of sp³-hybridized carbons (Fsp3) is 0.917. The molecule has 0 unspecified atom stereocenters. The summed E-state index contributed by atoms with van der Waals surface area (Å²) in [5, 5.41) is 0. The number of carbonyl (C=O) groups is 1. The molecule has 15 heavy (non-hydrogen) atoms. The lowest BCUT2D eigenvalue weighted by atomic mass is 9.95. The molecule has 1 aliphatic carbocycles. The average Bonchev–Trinajstić information content (AvgIpc) is 2.17. The first-order valence-corrected chi connectivity index (χ1v) is 5.84. The molecule has 0 N–H and O–H groups in total. The lowest BCUT2D eigenvalue weighted by molar-refractivity contribution is -0.152. The van der Waals surface area contributed by atoms with Crippen LogP contribution in [0.1, 0.15) is 46.0 Å². The zero-order chi connectivity index (χ0) is 11.3. The number of esters is 1. The highest BCUT2D eigenvalue weighted by Gasteiger charge is 2.23. The second-order valence-corrected chi connectivity index (χ2v) is 4.72. The Kier molecular flexibility index (Phi) is 5.09. The minimum Gasteiger partial charge on any atom is -0.462 e. The fourth-order valence-electron chi connectivity index (χ4n) is 1.95. The second kappa shape index (κ2) is 6.11. The van der Waals surface area contributed by atoms with Gasteiger partial charge in [-0.1, -0.05) is 13.8 Å². The number of rotatable bonds is 4. The Hall–Kier alpha value is -0.570. The van der Waals surface area contributed by atoms with E-state index in [1.807, 2.05) is 13.8 Å². The number of hydrogen-bond donors (Lipinski definition) is 0. The Morgan fingerprint density at radius 1 is 1.20 bits per heavy atom. The van der Waals surface area contributed by atoms with Crippen LogP contribution >= 0.6 is 0 Å². The third-order valence-corrected chi connectivity index (χ3v) is 2.83. The largest absolute Gasteiger partial charge is 0.462 e. The summed E-state index contributed by atoms with van der Waals surface area (Å²) in [6, 6.07) is 0. The fourth-order valence-corrected chi connectivity index (χ4v) is 1.95. The summed E-state index contributed by atoms with van der Waals surface area (Å²) in [6.07, 6.45) is 4.94. The summed E-state index contributed by atoms with van der Waals surface area (Å²) in [5.74, 6) is 0.332. The van der Waals surface area contributed by atoms with Crippen LogP contribution in [0.5, 0.6) is 0 Å². The van der Waals surface area contributed by atoms with E-state index < -0.39 is 0 Å². The van der Waals surface area contributed by atoms with Crippen LogP contribution < -0.4 is 0 Å². The van der Waals surface area contributed by atoms with Crippen LogP contribution in [0.15, 0.2) is 0 Å². The molecule has 3 heteroatoms. The van der Waals surface area contributed by atoms with Gasteiger partial charge in [0.25, 0.3) is 0 Å². The Morgan fingerprint density at radius 3 is 2.20 bits per heavy atom. The Morgan fingerprint density at radius 2 is 1.73 bits per heavy atom. The Balaban J connectivity index is 2.20. The van der Waals surface area contributed by atoms with Crippen molar-refractivity contribution in [1.29, 1.82) is 0 Å². The van der Waals surface area contributed by atoms with Crippen LogP contribution in [0.25, 0.3) is 0 Å². The lowest BCUT2D eigenvalue weighted by Crippen LogP contribution is -2.28. The molecule has 0 bridgehead atoms. The number of hydrogen-bond acceptors (Lipinski definition) is 3. The monoisotopic (exact) mass is 214 g/mol. The van der Waals surface area contributed by atoms with Crippen LogP contribution in [0.3, 0.4) is 0 Å². The van der Waals surface area contributed by atoms with Gasteiger partial charge in [0.05, 0.1) is 6.10 Å². The summed E-state index contributed by atoms with van der Waals surface area (Å²) < 4.78 is 10.7. The number of ether oxygens (including phenoxy) is 2. The van der Waals surface area contributed by atoms with Gasteiger partial charge < -0.3 is 9.47 Å². The molecule has 1 saturated carbocycles. The van der Waals surface area contributed by atoms with Gasteiger partial charge in [-0.2, -0.15) is 0 Å². The summed E-state index contributed by atoms with van der Waals surface area (Å²) in [7, 11) is 1.75. The van der Waals surface area contributed by atoms with Crippen molar-refractivity contribution in [2.45, 2.75) is 58.2 Å². The van der Waals surface area contributed by atoms with Gasteiger partial charge in [0.15, 0.2) is 0 Å². The minimum absolute atomic E-state index is 0.0501. The maximum Gasteiger partial charge on any atom is 0.306 e. The molecule has 0 spiro atoms. The third-order valence-electron chi connectivity index (χ3n) is 2.83. The maximum atomic E-state index is 11.4. The van der Waals surface area contributed by atoms with Crippen LogP contribution in [-0.4, -0.2) is 25.3 Å². The van der Waals surface area contributed by atoms with Crippen molar-refractivity contribution in [2.24, 2.45) is 5.92 Å². The Labute approximate surface area is 92.1 Å². The normalized spacial score (nSPS) is 26.7. The standard InChI is InChI=1S/C12H22O3/c1-9(2)8-12(13)15-11-6-4-10(14-3)5-7-11/h9-11H,4-8H2,1-3H3. The number of methoxy groups -OCH3 is 1. The van der Waals surface area contributed by atoms with Crippen LogP contribution in [0.2, 0.25) is 0 Å². The van der Waals surface area contributed by atoms with Gasteiger partial charge in [-0.15, -0.1) is 0 Å². The van der Waals surface area contributed by atoms with Crippen molar-refractivity contribution in [3.05, 3.63) is 0 Å². The highest BCUT2D eigenvalue weighted by Crippen LogP contribution is 2.23. The first-order valence-electron chi connectivity index (χ1n) is 5.84. The van der Waals surface area contributed by atoms with Crippen molar-refractivity contribution in [3.8, 4) is 0 Å². The van der Waals surface area contributed by atoms with Gasteiger partial charge in [0.2, 0.25) is 0 Å². The van der Waals surface area contributed by atoms with E-state index in [1.54, 1.807) is 7.11 Å². The smallest absolute Gasteiger partial charge is 0.306 e. The molecule has 0 atom stereocenters. The van der Waals surface area contributed by atoms with Crippen molar-refractivity contribution < 1.29 is 14.3 Å². The topological polar surface area (TPSA) is 35.5 Å². The first kappa shape index (κ1) is 12.5. The van der Waals surface area contributed by atoms with E-state index in [2.05, 4.69) is 0 Å². The minimum atomic E-state index is -0.0501. The van der Waals surface area contributed by atoms with Crippen LogP contribution in [0, 0.1) is 5.92 Å². The number of carbonyl (C=O) groups excluding carboxylic acids is 1. The molecule has 1 fully saturated rings. The summed E-state index contributed by atoms with van der Waals surface area (Å²) >= 11 is 0. The molecular formula is C12H22O3. The molecule has 88 valence electrons. The highest BCUT2D eigenvalue weighted by atomic mass is 16.5. The molecule has 0 radical (unpaired) electrons. The van der Waals surface area contributed by atoms with E-state index in [1.165, 1.54) is 0 Å². The Bertz CT molecular complexity index is 193. The lowest BCUT2D eigenvalue weighted by Gasteiger charge is -2.27. The van der Waals surface area contributed by atoms with Crippen molar-refractivity contribution in [1.82, 2.24) is 0 Å². The van der Waals surface area contributed by atoms with Gasteiger partial charge in [-0.3, -0.25) is 4.79 Å². The molecule has 0 heterocycles. The first-order chi connectivity index (χ1) is 7.11. The van der Waals surface area contributed by atoms with Gasteiger partial charge in [-0.05, 0) is 31.6 Å². The van der Waals surface area contributed by atoms with E-state index in [0.717, 1.165) is 25.7 Å². The van der Waals surface area contributed by atoms with Crippen molar-refractivity contribution in [2.75, 3.05) is 7.11 Å². The zero-order valence-corrected chi connectivity index (χ0v) is 9.99. The van der Waals surface area contributed by atoms with Crippen LogP contribution in [0.4, 0.5) is 0 Å². The van der Waals surface area contributed by atoms with E-state index in [-0.39, 0.29) is 12.1 Å². The van der Waals surface area contributed by atoms with E-state index in [4.69, 9.17) is 9.47 Å². The summed E-state index contributed by atoms with van der Waals surface area (Å²) in [5.41, 5.74) is 0. The highest BCUT2D eigenvalue weighted by molar-refractivity contribution is 5.69. The summed E-state index contributed by atoms with van der Waals surface area (Å²) in [6.45, 7) is 4.06. The predicted molar refractivity (Wildman–Crippen MR) is 58.6 cm³/mol. The van der Waals surface area contributed by atoms with E-state index in [9.17, 15) is 4.79 Å². The van der Waals surface area contributed by atoms with Gasteiger partial charge in [0.1, 0.15) is 6.10 Å². The molecule has 0 aromatic heterocycles. The SMILES string of the molecule is COC1CCC(OC(=O)CC(C)C)CC1. The molecule has 0 amide bonds. The average molecular weight is 214 g/mol. The molecule has 1 rings (SSSR count). The van der Waals surface area contributed by atoms with E-state index >= 15 is 0 Å². The molecule has 0 aliphatic heterocycles. The quantitative estimate of drug-likeness (QED) is 0.675. The molecule has 1 aliphatic rings. The van der Waals surface area contributed by atoms with Crippen molar-refractivity contribution in [3.63, 3.8) is 0 Å². The predicted octanol–water partition coefficient (Wildman–Crippen LogP) is 2.53. The maximum absolute atomic E-state index is 11.4. The van der Waals surface area contributed by atoms with Gasteiger partial charge >= 0.3 is 5.97 Å². The van der Waals surface area contributed by atoms with Gasteiger partial charge in [0, 0.05) is 13.5 Å². The molecular weight excluding hydrogens is 192 g/mol. The molecule has 0 saturated heterocycles. The summed E-state index contributed by atoms with van der Waals surface area (Å²) in [4.78, 5) is 11.4. The van der Waals surface area contributed by atoms with Crippen molar-refractivity contribution >= 4 is 5.97 Å². The zero-order valence-electron chi connectivity index (χ0n) is 9.99. The van der Waals surface area contributed by atoms with Gasteiger partial charge in [-0.25, -0.2) is 0 Å². The molecule has 0 aromatic rings. The van der Waals surface area contributed by atoms with E-state index in [0.29, 0.717) is 18.4 Å². The van der Waals surface area contributed by atoms with Crippen LogP contribution in [-0.2, 0) is 14.3 Å². The third kappa shape index (κ3) is 4.65. The molecule has 3 nitrogen and oxygen atoms in total. The molecule has 0 aromatic carbocycles.